The third-order valence-electron chi connectivity index (χ3n) is 3.02. The van der Waals surface area contributed by atoms with Crippen LogP contribution in [0.4, 0.5) is 4.39 Å². The minimum absolute atomic E-state index is 0.176. The Morgan fingerprint density at radius 3 is 2.58 bits per heavy atom. The monoisotopic (exact) mass is 281 g/mol. The summed E-state index contributed by atoms with van der Waals surface area (Å²) >= 11 is 1.43. The van der Waals surface area contributed by atoms with E-state index >= 15 is 0 Å². The Morgan fingerprint density at radius 1 is 1.32 bits per heavy atom. The van der Waals surface area contributed by atoms with Gasteiger partial charge in [0.05, 0.1) is 13.7 Å². The molecule has 0 aliphatic heterocycles. The zero-order valence-corrected chi connectivity index (χ0v) is 11.9. The molecule has 0 aliphatic carbocycles. The van der Waals surface area contributed by atoms with E-state index < -0.39 is 0 Å². The molecule has 0 aliphatic rings. The molecule has 1 unspecified atom stereocenters. The number of nitrogens with zero attached hydrogens (tertiary/aromatic N) is 3. The van der Waals surface area contributed by atoms with Crippen molar-refractivity contribution in [2.75, 3.05) is 14.2 Å². The van der Waals surface area contributed by atoms with Gasteiger partial charge in [0.2, 0.25) is 0 Å². The average molecular weight is 281 g/mol. The number of ether oxygens (including phenoxy) is 1. The zero-order chi connectivity index (χ0) is 13.8. The van der Waals surface area contributed by atoms with Crippen molar-refractivity contribution in [1.29, 1.82) is 0 Å². The van der Waals surface area contributed by atoms with Gasteiger partial charge >= 0.3 is 0 Å². The average Bonchev–Trinajstić information content (AvgIpc) is 2.86. The van der Waals surface area contributed by atoms with Gasteiger partial charge in [-0.05, 0) is 31.7 Å². The molecule has 1 heterocycles. The molecule has 1 aromatic carbocycles. The molecule has 0 bridgehead atoms. The normalized spacial score (nSPS) is 12.7. The summed E-state index contributed by atoms with van der Waals surface area (Å²) in [4.78, 5) is 2.13. The maximum absolute atomic E-state index is 12.9. The molecule has 2 rings (SSSR count). The second-order valence-corrected chi connectivity index (χ2v) is 5.33. The number of hydrogen-bond acceptors (Lipinski definition) is 5. The van der Waals surface area contributed by atoms with Crippen LogP contribution in [0.3, 0.4) is 0 Å². The lowest BCUT2D eigenvalue weighted by Gasteiger charge is -2.23. The quantitative estimate of drug-likeness (QED) is 0.844. The highest BCUT2D eigenvalue weighted by Crippen LogP contribution is 2.23. The Balaban J connectivity index is 2.02. The van der Waals surface area contributed by atoms with Crippen LogP contribution in [0.2, 0.25) is 0 Å². The predicted octanol–water partition coefficient (Wildman–Crippen LogP) is 2.88. The van der Waals surface area contributed by atoms with E-state index in [4.69, 9.17) is 4.74 Å². The Bertz CT molecular complexity index is 529. The topological polar surface area (TPSA) is 38.3 Å². The van der Waals surface area contributed by atoms with Crippen LogP contribution >= 0.6 is 11.3 Å². The lowest BCUT2D eigenvalue weighted by atomic mass is 10.1. The Hall–Kier alpha value is -1.53. The van der Waals surface area contributed by atoms with Crippen molar-refractivity contribution in [1.82, 2.24) is 15.1 Å². The van der Waals surface area contributed by atoms with E-state index in [1.54, 1.807) is 19.2 Å². The molecule has 0 spiro atoms. The van der Waals surface area contributed by atoms with Crippen molar-refractivity contribution in [2.45, 2.75) is 19.5 Å². The summed E-state index contributed by atoms with van der Waals surface area (Å²) in [5, 5.41) is 9.42. The number of methoxy groups -OCH3 is 1. The lowest BCUT2D eigenvalue weighted by molar-refractivity contribution is 0.252. The summed E-state index contributed by atoms with van der Waals surface area (Å²) in [6, 6.07) is 6.74. The number of halogens is 1. The standard InChI is InChI=1S/C13H16FN3OS/c1-9(10-4-6-11(14)7-5-10)17(2)8-12-15-16-13(18-3)19-12/h4-7,9H,8H2,1-3H3. The fourth-order valence-electron chi connectivity index (χ4n) is 1.73. The van der Waals surface area contributed by atoms with Gasteiger partial charge in [-0.3, -0.25) is 4.90 Å². The minimum Gasteiger partial charge on any atom is -0.472 e. The molecule has 0 N–H and O–H groups in total. The van der Waals surface area contributed by atoms with Crippen LogP contribution in [-0.2, 0) is 6.54 Å². The molecule has 1 atom stereocenters. The van der Waals surface area contributed by atoms with Crippen LogP contribution in [-0.4, -0.2) is 29.3 Å². The molecule has 0 fully saturated rings. The van der Waals surface area contributed by atoms with E-state index in [2.05, 4.69) is 22.0 Å². The van der Waals surface area contributed by atoms with Crippen molar-refractivity contribution < 1.29 is 9.13 Å². The van der Waals surface area contributed by atoms with Crippen molar-refractivity contribution in [3.05, 3.63) is 40.7 Å². The van der Waals surface area contributed by atoms with Gasteiger partial charge in [-0.25, -0.2) is 4.39 Å². The van der Waals surface area contributed by atoms with E-state index in [1.807, 2.05) is 7.05 Å². The third-order valence-corrected chi connectivity index (χ3v) is 3.89. The van der Waals surface area contributed by atoms with Crippen molar-refractivity contribution in [2.24, 2.45) is 0 Å². The number of rotatable bonds is 5. The Morgan fingerprint density at radius 2 is 2.00 bits per heavy atom. The molecule has 2 aromatic rings. The summed E-state index contributed by atoms with van der Waals surface area (Å²) in [5.41, 5.74) is 1.07. The molecule has 4 nitrogen and oxygen atoms in total. The lowest BCUT2D eigenvalue weighted by Crippen LogP contribution is -2.21. The van der Waals surface area contributed by atoms with Crippen LogP contribution in [0, 0.1) is 5.82 Å². The van der Waals surface area contributed by atoms with Crippen molar-refractivity contribution in [3.63, 3.8) is 0 Å². The number of benzene rings is 1. The molecule has 102 valence electrons. The smallest absolute Gasteiger partial charge is 0.293 e. The van der Waals surface area contributed by atoms with E-state index in [0.29, 0.717) is 11.7 Å². The van der Waals surface area contributed by atoms with Gasteiger partial charge in [0.25, 0.3) is 5.19 Å². The predicted molar refractivity (Wildman–Crippen MR) is 72.7 cm³/mol. The van der Waals surface area contributed by atoms with Gasteiger partial charge in [-0.1, -0.05) is 23.5 Å². The second kappa shape index (κ2) is 6.08. The van der Waals surface area contributed by atoms with Crippen LogP contribution in [0.5, 0.6) is 5.19 Å². The zero-order valence-electron chi connectivity index (χ0n) is 11.1. The summed E-state index contributed by atoms with van der Waals surface area (Å²) < 4.78 is 17.9. The number of hydrogen-bond donors (Lipinski definition) is 0. The van der Waals surface area contributed by atoms with E-state index in [9.17, 15) is 4.39 Å². The van der Waals surface area contributed by atoms with Crippen LogP contribution in [0.1, 0.15) is 23.5 Å². The fraction of sp³-hybridized carbons (Fsp3) is 0.385. The fourth-order valence-corrected chi connectivity index (χ4v) is 2.45. The van der Waals surface area contributed by atoms with E-state index in [0.717, 1.165) is 10.6 Å². The van der Waals surface area contributed by atoms with Gasteiger partial charge in [-0.2, -0.15) is 0 Å². The molecule has 1 aromatic heterocycles. The summed E-state index contributed by atoms with van der Waals surface area (Å²) in [6.45, 7) is 2.76. The van der Waals surface area contributed by atoms with Gasteiger partial charge < -0.3 is 4.74 Å². The van der Waals surface area contributed by atoms with Gasteiger partial charge in [0.1, 0.15) is 10.8 Å². The molecule has 19 heavy (non-hydrogen) atoms. The molecule has 0 radical (unpaired) electrons. The Labute approximate surface area is 115 Å². The summed E-state index contributed by atoms with van der Waals surface area (Å²) in [7, 11) is 3.58. The van der Waals surface area contributed by atoms with E-state index in [1.165, 1.54) is 23.5 Å². The van der Waals surface area contributed by atoms with E-state index in [-0.39, 0.29) is 11.9 Å². The van der Waals surface area contributed by atoms with Crippen molar-refractivity contribution in [3.8, 4) is 5.19 Å². The minimum atomic E-state index is -0.215. The van der Waals surface area contributed by atoms with Gasteiger partial charge in [0, 0.05) is 6.04 Å². The molecule has 6 heteroatoms. The highest BCUT2D eigenvalue weighted by molar-refractivity contribution is 7.13. The maximum Gasteiger partial charge on any atom is 0.293 e. The molecule has 0 saturated heterocycles. The highest BCUT2D eigenvalue weighted by Gasteiger charge is 2.14. The summed E-state index contributed by atoms with van der Waals surface area (Å²) in [5.74, 6) is -0.215. The van der Waals surface area contributed by atoms with Crippen LogP contribution in [0.25, 0.3) is 0 Å². The molecular weight excluding hydrogens is 265 g/mol. The second-order valence-electron chi connectivity index (χ2n) is 4.31. The largest absolute Gasteiger partial charge is 0.472 e. The summed E-state index contributed by atoms with van der Waals surface area (Å²) in [6.07, 6.45) is 0. The first-order valence-electron chi connectivity index (χ1n) is 5.92. The SMILES string of the molecule is COc1nnc(CN(C)C(C)c2ccc(F)cc2)s1. The first-order chi connectivity index (χ1) is 9.10. The van der Waals surface area contributed by atoms with Crippen molar-refractivity contribution >= 4 is 11.3 Å². The van der Waals surface area contributed by atoms with Crippen LogP contribution in [0.15, 0.2) is 24.3 Å². The van der Waals surface area contributed by atoms with Gasteiger partial charge in [0.15, 0.2) is 0 Å². The highest BCUT2D eigenvalue weighted by atomic mass is 32.1. The first-order valence-corrected chi connectivity index (χ1v) is 6.74. The first kappa shape index (κ1) is 13.9. The maximum atomic E-state index is 12.9. The molecule has 0 saturated carbocycles. The third kappa shape index (κ3) is 3.48. The molecule has 0 amide bonds. The molecular formula is C13H16FN3OS. The number of aromatic nitrogens is 2. The Kier molecular flexibility index (Phi) is 4.44. The van der Waals surface area contributed by atoms with Gasteiger partial charge in [-0.15, -0.1) is 10.2 Å². The van der Waals surface area contributed by atoms with Crippen LogP contribution < -0.4 is 4.74 Å².